The summed E-state index contributed by atoms with van der Waals surface area (Å²) in [4.78, 5) is 23.4. The highest BCUT2D eigenvalue weighted by Crippen LogP contribution is 2.28. The number of anilines is 2. The summed E-state index contributed by atoms with van der Waals surface area (Å²) >= 11 is 0. The van der Waals surface area contributed by atoms with Crippen LogP contribution in [0.5, 0.6) is 0 Å². The fourth-order valence-corrected chi connectivity index (χ4v) is 3.18. The number of rotatable bonds is 11. The van der Waals surface area contributed by atoms with Gasteiger partial charge in [-0.1, -0.05) is 43.9 Å². The van der Waals surface area contributed by atoms with Crippen LogP contribution in [0.2, 0.25) is 0 Å². The Morgan fingerprint density at radius 1 is 1.12 bits per heavy atom. The van der Waals surface area contributed by atoms with Gasteiger partial charge in [0.2, 0.25) is 6.04 Å². The van der Waals surface area contributed by atoms with Crippen molar-refractivity contribution < 1.29 is 9.72 Å². The molecule has 1 heterocycles. The van der Waals surface area contributed by atoms with Gasteiger partial charge in [-0.2, -0.15) is 0 Å². The zero-order valence-corrected chi connectivity index (χ0v) is 14.6. The molecule has 2 rings (SSSR count). The smallest absolute Gasteiger partial charge is 0.254 e. The summed E-state index contributed by atoms with van der Waals surface area (Å²) in [6.07, 6.45) is 9.67. The second kappa shape index (κ2) is 9.81. The summed E-state index contributed by atoms with van der Waals surface area (Å²) in [5.41, 5.74) is 1.41. The van der Waals surface area contributed by atoms with Crippen molar-refractivity contribution in [1.82, 2.24) is 0 Å². The van der Waals surface area contributed by atoms with Crippen LogP contribution in [0.3, 0.4) is 0 Å². The molecule has 136 valence electrons. The van der Waals surface area contributed by atoms with E-state index in [9.17, 15) is 14.9 Å². The third kappa shape index (κ3) is 5.59. The van der Waals surface area contributed by atoms with E-state index in [-0.39, 0.29) is 10.8 Å². The number of hydrogen-bond acceptors (Lipinski definition) is 4. The van der Waals surface area contributed by atoms with E-state index in [2.05, 4.69) is 17.2 Å². The molecule has 0 spiro atoms. The summed E-state index contributed by atoms with van der Waals surface area (Å²) in [5.74, 6) is -0.329. The Hall–Kier alpha value is -2.37. The zero-order chi connectivity index (χ0) is 18.1. The van der Waals surface area contributed by atoms with Gasteiger partial charge < -0.3 is 10.6 Å². The molecule has 0 saturated heterocycles. The fraction of sp³-hybridized carbons (Fsp3) is 0.526. The molecule has 6 nitrogen and oxygen atoms in total. The number of benzene rings is 1. The van der Waals surface area contributed by atoms with Crippen LogP contribution in [-0.2, 0) is 4.79 Å². The van der Waals surface area contributed by atoms with E-state index in [1.807, 2.05) is 24.3 Å². The highest BCUT2D eigenvalue weighted by Gasteiger charge is 2.39. The monoisotopic (exact) mass is 345 g/mol. The van der Waals surface area contributed by atoms with Crippen molar-refractivity contribution in [2.75, 3.05) is 10.6 Å². The highest BCUT2D eigenvalue weighted by molar-refractivity contribution is 6.03. The maximum Gasteiger partial charge on any atom is 0.254 e. The Morgan fingerprint density at radius 3 is 2.44 bits per heavy atom. The minimum absolute atomic E-state index is 0.324. The van der Waals surface area contributed by atoms with Gasteiger partial charge in [-0.25, -0.2) is 0 Å². The van der Waals surface area contributed by atoms with Crippen LogP contribution < -0.4 is 10.6 Å². The molecule has 1 aromatic rings. The predicted octanol–water partition coefficient (Wildman–Crippen LogP) is 4.37. The lowest BCUT2D eigenvalue weighted by Crippen LogP contribution is -2.50. The molecule has 0 radical (unpaired) electrons. The first-order valence-corrected chi connectivity index (χ1v) is 9.04. The molecule has 6 heteroatoms. The molecule has 2 unspecified atom stereocenters. The van der Waals surface area contributed by atoms with E-state index in [1.165, 1.54) is 6.42 Å². The lowest BCUT2D eigenvalue weighted by molar-refractivity contribution is -0.523. The summed E-state index contributed by atoms with van der Waals surface area (Å²) in [6, 6.07) is 5.53. The second-order valence-electron chi connectivity index (χ2n) is 6.50. The number of nitrogens with one attached hydrogen (secondary N) is 2. The first-order valence-electron chi connectivity index (χ1n) is 9.04. The lowest BCUT2D eigenvalue weighted by Gasteiger charge is -2.28. The third-order valence-corrected chi connectivity index (χ3v) is 4.59. The summed E-state index contributed by atoms with van der Waals surface area (Å²) in [5, 5.41) is 17.3. The molecular formula is C19H27N3O3. The Labute approximate surface area is 148 Å². The van der Waals surface area contributed by atoms with Crippen molar-refractivity contribution in [2.45, 2.75) is 63.5 Å². The number of amides is 1. The summed E-state index contributed by atoms with van der Waals surface area (Å²) in [6.45, 7) is 3.71. The van der Waals surface area contributed by atoms with Gasteiger partial charge in [-0.05, 0) is 31.4 Å². The van der Waals surface area contributed by atoms with Crippen LogP contribution in [0.1, 0.15) is 51.4 Å². The normalized spacial score (nSPS) is 17.1. The van der Waals surface area contributed by atoms with E-state index in [1.54, 1.807) is 6.07 Å². The lowest BCUT2D eigenvalue weighted by atomic mass is 9.98. The number of carbonyl (C=O) groups excluding carboxylic acids is 1. The zero-order valence-electron chi connectivity index (χ0n) is 14.6. The van der Waals surface area contributed by atoms with E-state index >= 15 is 0 Å². The molecule has 0 aliphatic carbocycles. The SMILES string of the molecule is C=CCCCCCCCCC(C1Nc2ccccc2NC1=O)[N+](=O)[O-]. The Kier molecular flexibility index (Phi) is 7.44. The van der Waals surface area contributed by atoms with Crippen molar-refractivity contribution in [3.63, 3.8) is 0 Å². The van der Waals surface area contributed by atoms with Gasteiger partial charge in [0.25, 0.3) is 5.91 Å². The molecular weight excluding hydrogens is 318 g/mol. The van der Waals surface area contributed by atoms with Crippen molar-refractivity contribution in [2.24, 2.45) is 0 Å². The van der Waals surface area contributed by atoms with Gasteiger partial charge in [-0.3, -0.25) is 14.9 Å². The van der Waals surface area contributed by atoms with Crippen LogP contribution in [0.4, 0.5) is 11.4 Å². The van der Waals surface area contributed by atoms with Gasteiger partial charge in [0.1, 0.15) is 0 Å². The van der Waals surface area contributed by atoms with E-state index in [0.717, 1.165) is 44.2 Å². The number of para-hydroxylation sites is 2. The van der Waals surface area contributed by atoms with Crippen molar-refractivity contribution in [3.05, 3.63) is 47.0 Å². The first-order chi connectivity index (χ1) is 12.1. The van der Waals surface area contributed by atoms with E-state index in [0.29, 0.717) is 12.1 Å². The fourth-order valence-electron chi connectivity index (χ4n) is 3.18. The molecule has 1 aromatic carbocycles. The number of unbranched alkanes of at least 4 members (excludes halogenated alkanes) is 6. The average Bonchev–Trinajstić information content (AvgIpc) is 2.60. The molecule has 1 aliphatic rings. The Balaban J connectivity index is 1.81. The van der Waals surface area contributed by atoms with Gasteiger partial charge >= 0.3 is 0 Å². The molecule has 2 N–H and O–H groups in total. The number of hydrogen-bond donors (Lipinski definition) is 2. The van der Waals surface area contributed by atoms with Gasteiger partial charge in [0.05, 0.1) is 11.4 Å². The number of allylic oxidation sites excluding steroid dienone is 1. The largest absolute Gasteiger partial charge is 0.366 e. The van der Waals surface area contributed by atoms with Crippen molar-refractivity contribution >= 4 is 17.3 Å². The summed E-state index contributed by atoms with van der Waals surface area (Å²) in [7, 11) is 0. The highest BCUT2D eigenvalue weighted by atomic mass is 16.6. The van der Waals surface area contributed by atoms with Gasteiger partial charge in [0.15, 0.2) is 6.04 Å². The molecule has 0 bridgehead atoms. The van der Waals surface area contributed by atoms with Gasteiger partial charge in [-0.15, -0.1) is 6.58 Å². The van der Waals surface area contributed by atoms with Gasteiger partial charge in [0, 0.05) is 11.3 Å². The molecule has 0 aromatic heterocycles. The van der Waals surface area contributed by atoms with Crippen LogP contribution in [0.15, 0.2) is 36.9 Å². The quantitative estimate of drug-likeness (QED) is 0.270. The minimum atomic E-state index is -0.908. The maximum atomic E-state index is 12.3. The molecule has 2 atom stereocenters. The second-order valence-corrected chi connectivity index (χ2v) is 6.50. The minimum Gasteiger partial charge on any atom is -0.366 e. The average molecular weight is 345 g/mol. The Morgan fingerprint density at radius 2 is 1.76 bits per heavy atom. The number of fused-ring (bicyclic) bond motifs is 1. The van der Waals surface area contributed by atoms with E-state index < -0.39 is 12.1 Å². The summed E-state index contributed by atoms with van der Waals surface area (Å²) < 4.78 is 0. The predicted molar refractivity (Wildman–Crippen MR) is 100 cm³/mol. The first kappa shape index (κ1) is 19.0. The number of nitrogens with zero attached hydrogens (tertiary/aromatic N) is 1. The van der Waals surface area contributed by atoms with Crippen LogP contribution in [-0.4, -0.2) is 22.9 Å². The topological polar surface area (TPSA) is 84.3 Å². The standard InChI is InChI=1S/C19H27N3O3/c1-2-3-4-5-6-7-8-9-14-17(22(24)25)18-19(23)21-16-13-11-10-12-15(16)20-18/h2,10-13,17-18,20H,1,3-9,14H2,(H,21,23). The molecule has 1 aliphatic heterocycles. The molecule has 1 amide bonds. The number of carbonyl (C=O) groups is 1. The van der Waals surface area contributed by atoms with Crippen LogP contribution >= 0.6 is 0 Å². The maximum absolute atomic E-state index is 12.3. The molecule has 25 heavy (non-hydrogen) atoms. The molecule has 0 fully saturated rings. The third-order valence-electron chi connectivity index (χ3n) is 4.59. The van der Waals surface area contributed by atoms with Crippen LogP contribution in [0.25, 0.3) is 0 Å². The Bertz CT molecular complexity index is 603. The van der Waals surface area contributed by atoms with Crippen molar-refractivity contribution in [3.8, 4) is 0 Å². The van der Waals surface area contributed by atoms with E-state index in [4.69, 9.17) is 0 Å². The molecule has 0 saturated carbocycles. The van der Waals surface area contributed by atoms with Crippen molar-refractivity contribution in [1.29, 1.82) is 0 Å². The van der Waals surface area contributed by atoms with Crippen LogP contribution in [0, 0.1) is 10.1 Å². The number of nitro groups is 1.